The molecule has 0 spiro atoms. The quantitative estimate of drug-likeness (QED) is 0.872. The predicted molar refractivity (Wildman–Crippen MR) is 79.6 cm³/mol. The van der Waals surface area contributed by atoms with Crippen molar-refractivity contribution in [3.05, 3.63) is 22.4 Å². The van der Waals surface area contributed by atoms with E-state index in [2.05, 4.69) is 43.6 Å². The summed E-state index contributed by atoms with van der Waals surface area (Å²) in [7, 11) is 0. The summed E-state index contributed by atoms with van der Waals surface area (Å²) < 4.78 is 5.67. The molecule has 0 aliphatic carbocycles. The molecular weight excluding hydrogens is 258 g/mol. The summed E-state index contributed by atoms with van der Waals surface area (Å²) in [6.07, 6.45) is 2.25. The highest BCUT2D eigenvalue weighted by atomic mass is 32.1. The number of nitrogens with one attached hydrogen (secondary N) is 1. The molecule has 0 unspecified atom stereocenters. The van der Waals surface area contributed by atoms with Crippen molar-refractivity contribution in [1.82, 2.24) is 5.32 Å². The molecule has 2 rings (SSSR count). The third kappa shape index (κ3) is 4.28. The monoisotopic (exact) mass is 283 g/mol. The number of hydrogen-bond acceptors (Lipinski definition) is 4. The van der Waals surface area contributed by atoms with Gasteiger partial charge in [-0.3, -0.25) is 0 Å². The van der Waals surface area contributed by atoms with Gasteiger partial charge in [-0.2, -0.15) is 0 Å². The van der Waals surface area contributed by atoms with Gasteiger partial charge in [-0.1, -0.05) is 6.07 Å². The molecule has 0 aromatic carbocycles. The SMILES string of the molecule is C[C@@H](NCC[C@@]1(O)CCOC(C)(C)C1)c1cccs1. The lowest BCUT2D eigenvalue weighted by atomic mass is 9.82. The molecule has 1 fully saturated rings. The number of thiophene rings is 1. The summed E-state index contributed by atoms with van der Waals surface area (Å²) in [5, 5.41) is 16.2. The first-order valence-electron chi connectivity index (χ1n) is 7.03. The smallest absolute Gasteiger partial charge is 0.0709 e. The van der Waals surface area contributed by atoms with Crippen molar-refractivity contribution in [2.75, 3.05) is 13.2 Å². The van der Waals surface area contributed by atoms with Crippen LogP contribution in [0, 0.1) is 0 Å². The molecular formula is C15H25NO2S. The fraction of sp³-hybridized carbons (Fsp3) is 0.733. The van der Waals surface area contributed by atoms with Crippen LogP contribution < -0.4 is 5.32 Å². The Bertz CT molecular complexity index is 391. The molecule has 3 nitrogen and oxygen atoms in total. The number of ether oxygens (including phenoxy) is 1. The van der Waals surface area contributed by atoms with E-state index in [0.717, 1.165) is 25.8 Å². The lowest BCUT2D eigenvalue weighted by Crippen LogP contribution is -2.47. The van der Waals surface area contributed by atoms with Crippen LogP contribution >= 0.6 is 11.3 Å². The summed E-state index contributed by atoms with van der Waals surface area (Å²) in [6, 6.07) is 4.58. The molecule has 2 N–H and O–H groups in total. The van der Waals surface area contributed by atoms with E-state index in [9.17, 15) is 5.11 Å². The van der Waals surface area contributed by atoms with Gasteiger partial charge in [0.05, 0.1) is 17.8 Å². The Labute approximate surface area is 120 Å². The molecule has 2 atom stereocenters. The Morgan fingerprint density at radius 1 is 1.53 bits per heavy atom. The van der Waals surface area contributed by atoms with Gasteiger partial charge >= 0.3 is 0 Å². The maximum Gasteiger partial charge on any atom is 0.0709 e. The second-order valence-corrected chi connectivity index (χ2v) is 7.18. The van der Waals surface area contributed by atoms with Crippen molar-refractivity contribution in [3.8, 4) is 0 Å². The number of hydrogen-bond donors (Lipinski definition) is 2. The van der Waals surface area contributed by atoms with E-state index in [4.69, 9.17) is 4.74 Å². The minimum atomic E-state index is -0.579. The highest BCUT2D eigenvalue weighted by molar-refractivity contribution is 7.10. The second kappa shape index (κ2) is 5.92. The summed E-state index contributed by atoms with van der Waals surface area (Å²) >= 11 is 1.77. The van der Waals surface area contributed by atoms with Crippen LogP contribution in [0.15, 0.2) is 17.5 Å². The van der Waals surface area contributed by atoms with Crippen LogP contribution in [-0.2, 0) is 4.74 Å². The summed E-state index contributed by atoms with van der Waals surface area (Å²) in [5.41, 5.74) is -0.781. The van der Waals surface area contributed by atoms with E-state index >= 15 is 0 Å². The second-order valence-electron chi connectivity index (χ2n) is 6.20. The highest BCUT2D eigenvalue weighted by Gasteiger charge is 2.38. The molecule has 1 aliphatic heterocycles. The molecule has 1 aliphatic rings. The van der Waals surface area contributed by atoms with Crippen LogP contribution in [0.5, 0.6) is 0 Å². The largest absolute Gasteiger partial charge is 0.390 e. The van der Waals surface area contributed by atoms with E-state index in [1.807, 2.05) is 0 Å². The van der Waals surface area contributed by atoms with Crippen LogP contribution in [0.2, 0.25) is 0 Å². The zero-order chi connectivity index (χ0) is 13.9. The van der Waals surface area contributed by atoms with Gasteiger partial charge in [-0.15, -0.1) is 11.3 Å². The molecule has 0 saturated carbocycles. The predicted octanol–water partition coefficient (Wildman–Crippen LogP) is 3.11. The van der Waals surface area contributed by atoms with Crippen molar-refractivity contribution < 1.29 is 9.84 Å². The lowest BCUT2D eigenvalue weighted by molar-refractivity contribution is -0.146. The van der Waals surface area contributed by atoms with Crippen LogP contribution in [-0.4, -0.2) is 29.5 Å². The first kappa shape index (κ1) is 15.0. The van der Waals surface area contributed by atoms with Gasteiger partial charge in [0.15, 0.2) is 0 Å². The Morgan fingerprint density at radius 3 is 2.95 bits per heavy atom. The molecule has 108 valence electrons. The summed E-state index contributed by atoms with van der Waals surface area (Å²) in [4.78, 5) is 1.35. The topological polar surface area (TPSA) is 41.5 Å². The number of rotatable bonds is 5. The van der Waals surface area contributed by atoms with E-state index in [-0.39, 0.29) is 5.60 Å². The molecule has 19 heavy (non-hydrogen) atoms. The molecule has 0 bridgehead atoms. The molecule has 1 aromatic heterocycles. The average molecular weight is 283 g/mol. The van der Waals surface area contributed by atoms with Gasteiger partial charge in [-0.05, 0) is 51.6 Å². The average Bonchev–Trinajstić information content (AvgIpc) is 2.80. The van der Waals surface area contributed by atoms with Gasteiger partial charge in [0, 0.05) is 17.3 Å². The zero-order valence-corrected chi connectivity index (χ0v) is 12.9. The van der Waals surface area contributed by atoms with E-state index in [0.29, 0.717) is 12.6 Å². The molecule has 1 saturated heterocycles. The van der Waals surface area contributed by atoms with Gasteiger partial charge in [0.25, 0.3) is 0 Å². The third-order valence-corrected chi connectivity index (χ3v) is 4.88. The normalized spacial score (nSPS) is 28.2. The van der Waals surface area contributed by atoms with Gasteiger partial charge in [0.2, 0.25) is 0 Å². The molecule has 0 radical (unpaired) electrons. The minimum Gasteiger partial charge on any atom is -0.390 e. The highest BCUT2D eigenvalue weighted by Crippen LogP contribution is 2.34. The van der Waals surface area contributed by atoms with Crippen molar-refractivity contribution in [1.29, 1.82) is 0 Å². The molecule has 1 aromatic rings. The summed E-state index contributed by atoms with van der Waals surface area (Å²) in [6.45, 7) is 7.77. The summed E-state index contributed by atoms with van der Waals surface area (Å²) in [5.74, 6) is 0. The van der Waals surface area contributed by atoms with Crippen molar-refractivity contribution in [2.24, 2.45) is 0 Å². The first-order valence-corrected chi connectivity index (χ1v) is 7.91. The molecule has 0 amide bonds. The maximum absolute atomic E-state index is 10.6. The van der Waals surface area contributed by atoms with Gasteiger partial charge < -0.3 is 15.2 Å². The van der Waals surface area contributed by atoms with Gasteiger partial charge in [0.1, 0.15) is 0 Å². The first-order chi connectivity index (χ1) is 8.90. The Morgan fingerprint density at radius 2 is 2.32 bits per heavy atom. The van der Waals surface area contributed by atoms with Gasteiger partial charge in [-0.25, -0.2) is 0 Å². The van der Waals surface area contributed by atoms with E-state index in [1.54, 1.807) is 11.3 Å². The Kier molecular flexibility index (Phi) is 4.66. The molecule has 4 heteroatoms. The maximum atomic E-state index is 10.6. The Hall–Kier alpha value is -0.420. The zero-order valence-electron chi connectivity index (χ0n) is 12.1. The van der Waals surface area contributed by atoms with Crippen molar-refractivity contribution in [3.63, 3.8) is 0 Å². The van der Waals surface area contributed by atoms with Crippen LogP contribution in [0.3, 0.4) is 0 Å². The van der Waals surface area contributed by atoms with Crippen molar-refractivity contribution >= 4 is 11.3 Å². The standard InChI is InChI=1S/C15H25NO2S/c1-12(13-5-4-10-19-13)16-8-6-15(17)7-9-18-14(2,3)11-15/h4-5,10,12,16-17H,6-9,11H2,1-3H3/t12-,15-/m1/s1. The van der Waals surface area contributed by atoms with Crippen molar-refractivity contribution in [2.45, 2.75) is 57.3 Å². The fourth-order valence-corrected chi connectivity index (χ4v) is 3.58. The third-order valence-electron chi connectivity index (χ3n) is 3.83. The van der Waals surface area contributed by atoms with Crippen LogP contribution in [0.1, 0.15) is 51.0 Å². The van der Waals surface area contributed by atoms with Crippen LogP contribution in [0.25, 0.3) is 0 Å². The lowest BCUT2D eigenvalue weighted by Gasteiger charge is -2.41. The fourth-order valence-electron chi connectivity index (χ4n) is 2.82. The van der Waals surface area contributed by atoms with E-state index in [1.165, 1.54) is 4.88 Å². The molecule has 2 heterocycles. The van der Waals surface area contributed by atoms with Crippen LogP contribution in [0.4, 0.5) is 0 Å². The minimum absolute atomic E-state index is 0.202. The number of aliphatic hydroxyl groups is 1. The Balaban J connectivity index is 1.78. The van der Waals surface area contributed by atoms with E-state index < -0.39 is 5.60 Å².